The number of fused-ring (bicyclic) bond motifs is 1. The third-order valence-corrected chi connectivity index (χ3v) is 3.39. The summed E-state index contributed by atoms with van der Waals surface area (Å²) in [7, 11) is 0. The molecular weight excluding hydrogens is 246 g/mol. The quantitative estimate of drug-likeness (QED) is 0.715. The molecule has 1 heterocycles. The molecule has 0 aliphatic carbocycles. The maximum absolute atomic E-state index is 4.50. The van der Waals surface area contributed by atoms with Crippen LogP contribution in [0.3, 0.4) is 0 Å². The van der Waals surface area contributed by atoms with Gasteiger partial charge in [-0.1, -0.05) is 37.3 Å². The second kappa shape index (κ2) is 5.88. The number of nitrogens with zero attached hydrogens (tertiary/aromatic N) is 2. The normalized spacial score (nSPS) is 11.1. The van der Waals surface area contributed by atoms with Crippen molar-refractivity contribution in [1.82, 2.24) is 15.1 Å². The van der Waals surface area contributed by atoms with E-state index in [1.54, 1.807) is 0 Å². The molecule has 0 amide bonds. The van der Waals surface area contributed by atoms with Crippen LogP contribution in [0.1, 0.15) is 18.9 Å². The Kier molecular flexibility index (Phi) is 3.79. The van der Waals surface area contributed by atoms with Crippen LogP contribution in [0, 0.1) is 0 Å². The molecule has 0 aliphatic rings. The minimum absolute atomic E-state index is 0.904. The highest BCUT2D eigenvalue weighted by Gasteiger charge is 2.04. The van der Waals surface area contributed by atoms with Crippen molar-refractivity contribution in [3.8, 4) is 5.69 Å². The van der Waals surface area contributed by atoms with Gasteiger partial charge in [0, 0.05) is 11.9 Å². The number of hydrogen-bond donors (Lipinski definition) is 1. The molecule has 2 aromatic carbocycles. The van der Waals surface area contributed by atoms with Crippen LogP contribution in [0.15, 0.2) is 54.7 Å². The summed E-state index contributed by atoms with van der Waals surface area (Å²) in [6.07, 6.45) is 3.07. The first kappa shape index (κ1) is 12.9. The van der Waals surface area contributed by atoms with Crippen LogP contribution in [0.2, 0.25) is 0 Å². The number of para-hydroxylation sites is 1. The van der Waals surface area contributed by atoms with E-state index in [1.807, 2.05) is 23.0 Å². The number of hydrogen-bond acceptors (Lipinski definition) is 2. The van der Waals surface area contributed by atoms with Gasteiger partial charge in [0.1, 0.15) is 0 Å². The van der Waals surface area contributed by atoms with Gasteiger partial charge in [0.05, 0.1) is 17.4 Å². The van der Waals surface area contributed by atoms with Gasteiger partial charge in [0.2, 0.25) is 0 Å². The van der Waals surface area contributed by atoms with Crippen LogP contribution in [0.5, 0.6) is 0 Å². The minimum atomic E-state index is 0.904. The molecule has 102 valence electrons. The highest BCUT2D eigenvalue weighted by Crippen LogP contribution is 2.18. The largest absolute Gasteiger partial charge is 0.313 e. The smallest absolute Gasteiger partial charge is 0.0741 e. The molecule has 0 fully saturated rings. The fraction of sp³-hybridized carbons (Fsp3) is 0.235. The van der Waals surface area contributed by atoms with Gasteiger partial charge in [-0.15, -0.1) is 0 Å². The van der Waals surface area contributed by atoms with E-state index in [0.717, 1.165) is 30.7 Å². The van der Waals surface area contributed by atoms with Crippen LogP contribution in [0.4, 0.5) is 0 Å². The molecule has 0 atom stereocenters. The zero-order valence-electron chi connectivity index (χ0n) is 11.7. The summed E-state index contributed by atoms with van der Waals surface area (Å²) in [5, 5.41) is 9.10. The monoisotopic (exact) mass is 265 g/mol. The molecule has 0 spiro atoms. The van der Waals surface area contributed by atoms with E-state index in [9.17, 15) is 0 Å². The molecular formula is C17H19N3. The summed E-state index contributed by atoms with van der Waals surface area (Å²) in [6, 6.07) is 16.8. The van der Waals surface area contributed by atoms with Gasteiger partial charge in [0.15, 0.2) is 0 Å². The van der Waals surface area contributed by atoms with Crippen LogP contribution < -0.4 is 5.32 Å². The van der Waals surface area contributed by atoms with Crippen LogP contribution >= 0.6 is 0 Å². The van der Waals surface area contributed by atoms with E-state index < -0.39 is 0 Å². The standard InChI is InChI=1S/C17H19N3/c1-2-10-18-12-14-6-5-8-16(11-14)20-17-9-4-3-7-15(17)13-19-20/h3-9,11,13,18H,2,10,12H2,1H3. The van der Waals surface area contributed by atoms with Crippen molar-refractivity contribution >= 4 is 10.9 Å². The number of rotatable bonds is 5. The molecule has 3 rings (SSSR count). The van der Waals surface area contributed by atoms with Gasteiger partial charge in [0.25, 0.3) is 0 Å². The van der Waals surface area contributed by atoms with Crippen LogP contribution in [0.25, 0.3) is 16.6 Å². The molecule has 0 saturated heterocycles. The van der Waals surface area contributed by atoms with Crippen molar-refractivity contribution in [2.45, 2.75) is 19.9 Å². The first-order chi connectivity index (χ1) is 9.88. The Morgan fingerprint density at radius 3 is 2.90 bits per heavy atom. The van der Waals surface area contributed by atoms with E-state index in [4.69, 9.17) is 0 Å². The maximum atomic E-state index is 4.50. The Morgan fingerprint density at radius 2 is 2.00 bits per heavy atom. The molecule has 0 saturated carbocycles. The van der Waals surface area contributed by atoms with Crippen molar-refractivity contribution in [3.05, 3.63) is 60.3 Å². The Balaban J connectivity index is 1.92. The van der Waals surface area contributed by atoms with E-state index in [1.165, 1.54) is 10.9 Å². The second-order valence-electron chi connectivity index (χ2n) is 4.96. The fourth-order valence-electron chi connectivity index (χ4n) is 2.39. The zero-order chi connectivity index (χ0) is 13.8. The third kappa shape index (κ3) is 2.58. The van der Waals surface area contributed by atoms with Crippen molar-refractivity contribution in [1.29, 1.82) is 0 Å². The maximum Gasteiger partial charge on any atom is 0.0741 e. The van der Waals surface area contributed by atoms with E-state index in [-0.39, 0.29) is 0 Å². The molecule has 3 nitrogen and oxygen atoms in total. The summed E-state index contributed by atoms with van der Waals surface area (Å²) in [4.78, 5) is 0. The Labute approximate surface area is 119 Å². The Morgan fingerprint density at radius 1 is 1.10 bits per heavy atom. The molecule has 20 heavy (non-hydrogen) atoms. The first-order valence-corrected chi connectivity index (χ1v) is 7.11. The average molecular weight is 265 g/mol. The number of aromatic nitrogens is 2. The zero-order valence-corrected chi connectivity index (χ0v) is 11.7. The van der Waals surface area contributed by atoms with Crippen molar-refractivity contribution in [2.75, 3.05) is 6.54 Å². The van der Waals surface area contributed by atoms with Crippen molar-refractivity contribution in [2.24, 2.45) is 0 Å². The minimum Gasteiger partial charge on any atom is -0.313 e. The molecule has 3 aromatic rings. The SMILES string of the molecule is CCCNCc1cccc(-n2ncc3ccccc32)c1. The predicted octanol–water partition coefficient (Wildman–Crippen LogP) is 3.53. The van der Waals surface area contributed by atoms with E-state index >= 15 is 0 Å². The average Bonchev–Trinajstić information content (AvgIpc) is 2.92. The number of benzene rings is 2. The summed E-state index contributed by atoms with van der Waals surface area (Å²) in [5.74, 6) is 0. The molecule has 3 heteroatoms. The summed E-state index contributed by atoms with van der Waals surface area (Å²) in [6.45, 7) is 4.13. The van der Waals surface area contributed by atoms with Gasteiger partial charge in [-0.3, -0.25) is 0 Å². The molecule has 0 aliphatic heterocycles. The lowest BCUT2D eigenvalue weighted by atomic mass is 10.2. The van der Waals surface area contributed by atoms with Crippen LogP contribution in [-0.2, 0) is 6.54 Å². The molecule has 1 N–H and O–H groups in total. The van der Waals surface area contributed by atoms with Gasteiger partial charge in [-0.25, -0.2) is 4.68 Å². The third-order valence-electron chi connectivity index (χ3n) is 3.39. The van der Waals surface area contributed by atoms with E-state index in [2.05, 4.69) is 53.7 Å². The van der Waals surface area contributed by atoms with Gasteiger partial charge in [-0.05, 0) is 36.7 Å². The lowest BCUT2D eigenvalue weighted by Crippen LogP contribution is -2.13. The summed E-state index contributed by atoms with van der Waals surface area (Å²) < 4.78 is 2.00. The molecule has 0 bridgehead atoms. The lowest BCUT2D eigenvalue weighted by Gasteiger charge is -2.07. The molecule has 0 radical (unpaired) electrons. The molecule has 0 unspecified atom stereocenters. The van der Waals surface area contributed by atoms with Crippen molar-refractivity contribution < 1.29 is 0 Å². The molecule has 1 aromatic heterocycles. The first-order valence-electron chi connectivity index (χ1n) is 7.11. The second-order valence-corrected chi connectivity index (χ2v) is 4.96. The number of nitrogens with one attached hydrogen (secondary N) is 1. The van der Waals surface area contributed by atoms with Crippen molar-refractivity contribution in [3.63, 3.8) is 0 Å². The lowest BCUT2D eigenvalue weighted by molar-refractivity contribution is 0.675. The summed E-state index contributed by atoms with van der Waals surface area (Å²) >= 11 is 0. The highest BCUT2D eigenvalue weighted by atomic mass is 15.3. The van der Waals surface area contributed by atoms with Gasteiger partial charge < -0.3 is 5.32 Å². The van der Waals surface area contributed by atoms with Crippen LogP contribution in [-0.4, -0.2) is 16.3 Å². The Bertz CT molecular complexity index is 700. The Hall–Kier alpha value is -2.13. The topological polar surface area (TPSA) is 29.9 Å². The highest BCUT2D eigenvalue weighted by molar-refractivity contribution is 5.80. The summed E-state index contributed by atoms with van der Waals surface area (Å²) in [5.41, 5.74) is 3.55. The van der Waals surface area contributed by atoms with Gasteiger partial charge >= 0.3 is 0 Å². The predicted molar refractivity (Wildman–Crippen MR) is 83.1 cm³/mol. The van der Waals surface area contributed by atoms with E-state index in [0.29, 0.717) is 0 Å². The fourth-order valence-corrected chi connectivity index (χ4v) is 2.39. The van der Waals surface area contributed by atoms with Gasteiger partial charge in [-0.2, -0.15) is 5.10 Å².